The minimum absolute atomic E-state index is 0.0840. The molecule has 1 atom stereocenters. The maximum atomic E-state index is 13.4. The first-order valence-electron chi connectivity index (χ1n) is 4.77. The first-order valence-corrected chi connectivity index (χ1v) is 5.14. The lowest BCUT2D eigenvalue weighted by molar-refractivity contribution is 0.321. The molecule has 0 fully saturated rings. The van der Waals surface area contributed by atoms with Gasteiger partial charge in [-0.2, -0.15) is 0 Å². The van der Waals surface area contributed by atoms with E-state index in [1.54, 1.807) is 12.1 Å². The third-order valence-corrected chi connectivity index (χ3v) is 2.72. The van der Waals surface area contributed by atoms with E-state index < -0.39 is 0 Å². The van der Waals surface area contributed by atoms with Crippen LogP contribution < -0.4 is 0 Å². The quantitative estimate of drug-likeness (QED) is 0.777. The fraction of sp³-hybridized carbons (Fsp3) is 0.364. The van der Waals surface area contributed by atoms with E-state index >= 15 is 0 Å². The summed E-state index contributed by atoms with van der Waals surface area (Å²) < 4.78 is 18.2. The van der Waals surface area contributed by atoms with E-state index in [1.807, 2.05) is 0 Å². The molecular weight excluding hydrogens is 217 g/mol. The first kappa shape index (κ1) is 10.4. The maximum absolute atomic E-state index is 13.4. The second-order valence-electron chi connectivity index (χ2n) is 3.42. The summed E-state index contributed by atoms with van der Waals surface area (Å²) in [7, 11) is 0. The van der Waals surface area contributed by atoms with E-state index in [2.05, 4.69) is 11.4 Å². The molecule has 0 saturated carbocycles. The predicted octanol–water partition coefficient (Wildman–Crippen LogP) is 2.72. The maximum Gasteiger partial charge on any atom is 0.273 e. The van der Waals surface area contributed by atoms with Crippen molar-refractivity contribution in [2.24, 2.45) is 4.99 Å². The number of hydrogen-bond acceptors (Lipinski definition) is 2. The second-order valence-corrected chi connectivity index (χ2v) is 3.83. The van der Waals surface area contributed by atoms with Crippen molar-refractivity contribution >= 4 is 18.0 Å². The lowest BCUT2D eigenvalue weighted by Gasteiger charge is -2.07. The Morgan fingerprint density at radius 1 is 1.60 bits per heavy atom. The molecular formula is C11H10ClFNO. The topological polar surface area (TPSA) is 21.6 Å². The average Bonchev–Trinajstić information content (AvgIpc) is 2.70. The summed E-state index contributed by atoms with van der Waals surface area (Å²) in [6.07, 6.45) is 3.74. The minimum atomic E-state index is -0.255. The van der Waals surface area contributed by atoms with Gasteiger partial charge in [0.25, 0.3) is 6.40 Å². The number of ether oxygens (including phenoxy) is 1. The standard InChI is InChI=1S/C11H10ClFNO/c12-10-2-1-3-11(13)9(10)5-4-8-6-15-7-14-8/h1-3,8H,4-6H2. The van der Waals surface area contributed by atoms with Crippen LogP contribution in [-0.2, 0) is 11.2 Å². The highest BCUT2D eigenvalue weighted by Crippen LogP contribution is 2.21. The Morgan fingerprint density at radius 2 is 2.47 bits per heavy atom. The van der Waals surface area contributed by atoms with Crippen LogP contribution in [0.3, 0.4) is 0 Å². The average molecular weight is 227 g/mol. The lowest BCUT2D eigenvalue weighted by Crippen LogP contribution is -2.08. The summed E-state index contributed by atoms with van der Waals surface area (Å²) in [4.78, 5) is 3.97. The monoisotopic (exact) mass is 226 g/mol. The van der Waals surface area contributed by atoms with Gasteiger partial charge in [0.1, 0.15) is 12.4 Å². The molecule has 2 rings (SSSR count). The van der Waals surface area contributed by atoms with Gasteiger partial charge in [-0.1, -0.05) is 17.7 Å². The van der Waals surface area contributed by atoms with Gasteiger partial charge in [-0.05, 0) is 25.0 Å². The number of rotatable bonds is 3. The van der Waals surface area contributed by atoms with Crippen molar-refractivity contribution in [1.82, 2.24) is 0 Å². The number of benzene rings is 1. The summed E-state index contributed by atoms with van der Waals surface area (Å²) in [5, 5.41) is 0.474. The van der Waals surface area contributed by atoms with Crippen LogP contribution in [0, 0.1) is 5.82 Å². The van der Waals surface area contributed by atoms with Gasteiger partial charge in [0.05, 0.1) is 6.04 Å². The first-order chi connectivity index (χ1) is 7.27. The smallest absolute Gasteiger partial charge is 0.273 e. The molecule has 1 aromatic carbocycles. The Labute approximate surface area is 92.7 Å². The summed E-state index contributed by atoms with van der Waals surface area (Å²) >= 11 is 5.90. The Bertz CT molecular complexity index is 361. The molecule has 2 nitrogen and oxygen atoms in total. The molecule has 79 valence electrons. The zero-order valence-electron chi connectivity index (χ0n) is 8.04. The zero-order chi connectivity index (χ0) is 10.7. The number of hydrogen-bond donors (Lipinski definition) is 0. The highest BCUT2D eigenvalue weighted by Gasteiger charge is 2.14. The third kappa shape index (κ3) is 2.48. The van der Waals surface area contributed by atoms with Crippen molar-refractivity contribution in [3.63, 3.8) is 0 Å². The molecule has 0 aliphatic carbocycles. The number of halogens is 2. The van der Waals surface area contributed by atoms with Gasteiger partial charge in [0.15, 0.2) is 0 Å². The van der Waals surface area contributed by atoms with Crippen LogP contribution in [0.25, 0.3) is 0 Å². The van der Waals surface area contributed by atoms with Gasteiger partial charge in [0, 0.05) is 10.6 Å². The van der Waals surface area contributed by atoms with E-state index in [4.69, 9.17) is 16.3 Å². The highest BCUT2D eigenvalue weighted by molar-refractivity contribution is 6.31. The van der Waals surface area contributed by atoms with Crippen LogP contribution in [0.4, 0.5) is 4.39 Å². The van der Waals surface area contributed by atoms with Crippen molar-refractivity contribution in [2.45, 2.75) is 18.9 Å². The van der Waals surface area contributed by atoms with Gasteiger partial charge >= 0.3 is 0 Å². The Kier molecular flexibility index (Phi) is 3.21. The van der Waals surface area contributed by atoms with Crippen LogP contribution in [0.2, 0.25) is 5.02 Å². The van der Waals surface area contributed by atoms with E-state index in [1.165, 1.54) is 6.07 Å². The van der Waals surface area contributed by atoms with Crippen LogP contribution in [-0.4, -0.2) is 19.0 Å². The molecule has 15 heavy (non-hydrogen) atoms. The molecule has 1 heterocycles. The molecule has 0 aromatic heterocycles. The van der Waals surface area contributed by atoms with Crippen LogP contribution in [0.15, 0.2) is 23.2 Å². The van der Waals surface area contributed by atoms with Crippen LogP contribution in [0.5, 0.6) is 0 Å². The van der Waals surface area contributed by atoms with E-state index in [0.29, 0.717) is 23.6 Å². The van der Waals surface area contributed by atoms with Crippen LogP contribution >= 0.6 is 11.6 Å². The number of nitrogens with zero attached hydrogens (tertiary/aromatic N) is 1. The molecule has 4 heteroatoms. The molecule has 0 saturated heterocycles. The minimum Gasteiger partial charge on any atom is -0.472 e. The van der Waals surface area contributed by atoms with Gasteiger partial charge in [-0.15, -0.1) is 0 Å². The molecule has 1 aliphatic heterocycles. The van der Waals surface area contributed by atoms with Gasteiger partial charge in [0.2, 0.25) is 0 Å². The largest absolute Gasteiger partial charge is 0.472 e. The molecule has 0 bridgehead atoms. The van der Waals surface area contributed by atoms with Crippen molar-refractivity contribution in [3.05, 3.63) is 34.6 Å². The lowest BCUT2D eigenvalue weighted by atomic mass is 10.1. The van der Waals surface area contributed by atoms with Crippen LogP contribution in [0.1, 0.15) is 12.0 Å². The molecule has 1 aromatic rings. The Balaban J connectivity index is 2.01. The predicted molar refractivity (Wildman–Crippen MR) is 56.9 cm³/mol. The van der Waals surface area contributed by atoms with E-state index in [9.17, 15) is 4.39 Å². The summed E-state index contributed by atoms with van der Waals surface area (Å²) in [6, 6.07) is 4.80. The molecule has 1 radical (unpaired) electrons. The van der Waals surface area contributed by atoms with E-state index in [-0.39, 0.29) is 11.9 Å². The van der Waals surface area contributed by atoms with Gasteiger partial charge in [-0.25, -0.2) is 9.38 Å². The summed E-state index contributed by atoms with van der Waals surface area (Å²) in [6.45, 7) is 0.534. The fourth-order valence-electron chi connectivity index (χ4n) is 1.51. The normalized spacial score (nSPS) is 19.2. The molecule has 0 amide bonds. The van der Waals surface area contributed by atoms with Gasteiger partial charge < -0.3 is 4.74 Å². The fourth-order valence-corrected chi connectivity index (χ4v) is 1.77. The Hall–Kier alpha value is -1.09. The SMILES string of the molecule is Fc1cccc(Cl)c1CCC1CO[C]=N1. The molecule has 0 N–H and O–H groups in total. The molecule has 1 unspecified atom stereocenters. The second kappa shape index (κ2) is 4.62. The van der Waals surface area contributed by atoms with Crippen molar-refractivity contribution < 1.29 is 9.13 Å². The van der Waals surface area contributed by atoms with Crippen molar-refractivity contribution in [3.8, 4) is 0 Å². The molecule has 1 aliphatic rings. The number of aliphatic imine (C=N–C) groups is 1. The summed E-state index contributed by atoms with van der Waals surface area (Å²) in [5.41, 5.74) is 0.557. The summed E-state index contributed by atoms with van der Waals surface area (Å²) in [5.74, 6) is -0.255. The van der Waals surface area contributed by atoms with E-state index in [0.717, 1.165) is 6.42 Å². The van der Waals surface area contributed by atoms with Gasteiger partial charge in [-0.3, -0.25) is 0 Å². The van der Waals surface area contributed by atoms with Crippen molar-refractivity contribution in [2.75, 3.05) is 6.61 Å². The third-order valence-electron chi connectivity index (χ3n) is 2.36. The Morgan fingerprint density at radius 3 is 3.13 bits per heavy atom. The van der Waals surface area contributed by atoms with Crippen molar-refractivity contribution in [1.29, 1.82) is 0 Å². The molecule has 0 spiro atoms. The highest BCUT2D eigenvalue weighted by atomic mass is 35.5. The zero-order valence-corrected chi connectivity index (χ0v) is 8.80.